The number of rotatable bonds is 12. The summed E-state index contributed by atoms with van der Waals surface area (Å²) in [6.45, 7) is 11.4. The number of hydrogen-bond donors (Lipinski definition) is 0. The Morgan fingerprint density at radius 2 is 1.78 bits per heavy atom. The molecule has 0 bridgehead atoms. The smallest absolute Gasteiger partial charge is 0.311 e. The molecule has 0 spiro atoms. The third kappa shape index (κ3) is 5.97. The molecule has 0 amide bonds. The van der Waals surface area contributed by atoms with Crippen molar-refractivity contribution in [3.63, 3.8) is 0 Å². The Hall–Kier alpha value is -2.55. The molecule has 0 aromatic heterocycles. The summed E-state index contributed by atoms with van der Waals surface area (Å²) < 4.78 is 13.1. The van der Waals surface area contributed by atoms with E-state index in [9.17, 15) is 4.79 Å². The van der Waals surface area contributed by atoms with Gasteiger partial charge in [0.25, 0.3) is 0 Å². The van der Waals surface area contributed by atoms with Crippen molar-refractivity contribution in [1.29, 1.82) is 0 Å². The van der Waals surface area contributed by atoms with Gasteiger partial charge in [-0.05, 0) is 84.8 Å². The molecule has 1 aliphatic heterocycles. The Bertz CT molecular complexity index is 1090. The van der Waals surface area contributed by atoms with Gasteiger partial charge in [0.15, 0.2) is 0 Å². The molecule has 1 heterocycles. The maximum absolute atomic E-state index is 13.1. The number of benzene rings is 2. The van der Waals surface area contributed by atoms with Crippen LogP contribution in [0.2, 0.25) is 0 Å². The van der Waals surface area contributed by atoms with Crippen molar-refractivity contribution in [2.75, 3.05) is 0 Å². The molecule has 0 fully saturated rings. The lowest BCUT2D eigenvalue weighted by molar-refractivity contribution is -0.134. The van der Waals surface area contributed by atoms with Gasteiger partial charge in [-0.25, -0.2) is 0 Å². The van der Waals surface area contributed by atoms with Crippen molar-refractivity contribution < 1.29 is 14.3 Å². The van der Waals surface area contributed by atoms with Crippen LogP contribution in [0.3, 0.4) is 0 Å². The van der Waals surface area contributed by atoms with E-state index in [-0.39, 0.29) is 11.6 Å². The number of ether oxygens (including phenoxy) is 2. The van der Waals surface area contributed by atoms with Gasteiger partial charge in [-0.3, -0.25) is 4.79 Å². The first-order valence-electron chi connectivity index (χ1n) is 14.8. The second-order valence-corrected chi connectivity index (χ2v) is 11.2. The molecule has 2 aliphatic rings. The molecule has 37 heavy (non-hydrogen) atoms. The van der Waals surface area contributed by atoms with Crippen molar-refractivity contribution in [3.8, 4) is 11.5 Å². The standard InChI is InChI=1S/C34H46O3/c1-6-9-11-15-24(4)25(5)27-22-30(36-32(35)21-20-26-16-12-10-13-17-26)33-28-18-14-19-29(28)34(7-2,8-3)37-31(33)23-27/h10,12-13,16-17,22-25H,6-9,11,14-15,18-21H2,1-5H3. The highest BCUT2D eigenvalue weighted by molar-refractivity contribution is 5.85. The minimum Gasteiger partial charge on any atom is -0.482 e. The highest BCUT2D eigenvalue weighted by Crippen LogP contribution is 2.54. The summed E-state index contributed by atoms with van der Waals surface area (Å²) in [7, 11) is 0. The van der Waals surface area contributed by atoms with Gasteiger partial charge in [0.05, 0.1) is 5.56 Å². The largest absolute Gasteiger partial charge is 0.482 e. The molecule has 2 aromatic carbocycles. The molecule has 2 atom stereocenters. The number of hydrogen-bond acceptors (Lipinski definition) is 3. The Balaban J connectivity index is 1.68. The van der Waals surface area contributed by atoms with Crippen molar-refractivity contribution in [2.45, 2.75) is 117 Å². The van der Waals surface area contributed by atoms with Crippen LogP contribution in [-0.2, 0) is 11.2 Å². The number of carbonyl (C=O) groups excluding carboxylic acids is 1. The number of aryl methyl sites for hydroxylation is 1. The lowest BCUT2D eigenvalue weighted by Crippen LogP contribution is -2.39. The van der Waals surface area contributed by atoms with E-state index in [4.69, 9.17) is 9.47 Å². The Labute approximate surface area is 224 Å². The predicted octanol–water partition coefficient (Wildman–Crippen LogP) is 9.43. The summed E-state index contributed by atoms with van der Waals surface area (Å²) in [5, 5.41) is 0. The zero-order chi connectivity index (χ0) is 26.4. The molecule has 0 radical (unpaired) electrons. The molecule has 0 N–H and O–H groups in total. The quantitative estimate of drug-likeness (QED) is 0.165. The highest BCUT2D eigenvalue weighted by Gasteiger charge is 2.43. The fourth-order valence-electron chi connectivity index (χ4n) is 6.31. The van der Waals surface area contributed by atoms with Gasteiger partial charge in [-0.1, -0.05) is 90.6 Å². The van der Waals surface area contributed by atoms with Crippen LogP contribution >= 0.6 is 0 Å². The van der Waals surface area contributed by atoms with Gasteiger partial charge in [-0.2, -0.15) is 0 Å². The Kier molecular flexibility index (Phi) is 9.16. The van der Waals surface area contributed by atoms with E-state index in [1.807, 2.05) is 18.2 Å². The Morgan fingerprint density at radius 3 is 2.49 bits per heavy atom. The minimum absolute atomic E-state index is 0.171. The van der Waals surface area contributed by atoms with Crippen LogP contribution in [0.1, 0.15) is 121 Å². The number of esters is 1. The van der Waals surface area contributed by atoms with Crippen LogP contribution in [0.4, 0.5) is 0 Å². The number of allylic oxidation sites excluding steroid dienone is 1. The number of fused-ring (bicyclic) bond motifs is 2. The van der Waals surface area contributed by atoms with Crippen LogP contribution < -0.4 is 9.47 Å². The molecule has 0 saturated heterocycles. The number of carbonyl (C=O) groups is 1. The van der Waals surface area contributed by atoms with E-state index in [2.05, 4.69) is 58.9 Å². The van der Waals surface area contributed by atoms with Gasteiger partial charge in [0, 0.05) is 6.42 Å². The van der Waals surface area contributed by atoms with Gasteiger partial charge in [0.1, 0.15) is 17.1 Å². The SMILES string of the molecule is CCCCCC(C)C(C)c1cc(OC(=O)CCc2ccccc2)c2c(c1)OC(CC)(CC)C1=C2CCC1. The van der Waals surface area contributed by atoms with Crippen LogP contribution in [0.25, 0.3) is 5.57 Å². The first kappa shape index (κ1) is 27.5. The average Bonchev–Trinajstić information content (AvgIpc) is 3.42. The highest BCUT2D eigenvalue weighted by atomic mass is 16.5. The molecule has 2 aromatic rings. The Morgan fingerprint density at radius 1 is 1.03 bits per heavy atom. The van der Waals surface area contributed by atoms with E-state index in [0.717, 1.165) is 49.0 Å². The topological polar surface area (TPSA) is 35.5 Å². The van der Waals surface area contributed by atoms with Gasteiger partial charge >= 0.3 is 5.97 Å². The molecule has 1 aliphatic carbocycles. The second-order valence-electron chi connectivity index (χ2n) is 11.2. The summed E-state index contributed by atoms with van der Waals surface area (Å²) in [4.78, 5) is 13.1. The summed E-state index contributed by atoms with van der Waals surface area (Å²) in [6, 6.07) is 14.6. The maximum atomic E-state index is 13.1. The molecule has 4 rings (SSSR count). The summed E-state index contributed by atoms with van der Waals surface area (Å²) >= 11 is 0. The number of unbranched alkanes of at least 4 members (excludes halogenated alkanes) is 2. The lowest BCUT2D eigenvalue weighted by atomic mass is 9.79. The van der Waals surface area contributed by atoms with Crippen LogP contribution in [0.5, 0.6) is 11.5 Å². The monoisotopic (exact) mass is 502 g/mol. The lowest BCUT2D eigenvalue weighted by Gasteiger charge is -2.40. The van der Waals surface area contributed by atoms with E-state index in [1.54, 1.807) is 0 Å². The average molecular weight is 503 g/mol. The fourth-order valence-corrected chi connectivity index (χ4v) is 6.31. The summed E-state index contributed by atoms with van der Waals surface area (Å²) in [5.74, 6) is 2.37. The van der Waals surface area contributed by atoms with Gasteiger partial charge < -0.3 is 9.47 Å². The van der Waals surface area contributed by atoms with Crippen LogP contribution in [-0.4, -0.2) is 11.6 Å². The van der Waals surface area contributed by atoms with Gasteiger partial charge in [-0.15, -0.1) is 0 Å². The molecule has 0 saturated carbocycles. The van der Waals surface area contributed by atoms with E-state index in [1.165, 1.54) is 42.4 Å². The third-order valence-corrected chi connectivity index (χ3v) is 8.93. The fraction of sp³-hybridized carbons (Fsp3) is 0.559. The molecule has 3 nitrogen and oxygen atoms in total. The molecule has 200 valence electrons. The maximum Gasteiger partial charge on any atom is 0.311 e. The predicted molar refractivity (Wildman–Crippen MR) is 153 cm³/mol. The van der Waals surface area contributed by atoms with Crippen molar-refractivity contribution in [1.82, 2.24) is 0 Å². The van der Waals surface area contributed by atoms with Crippen molar-refractivity contribution in [2.24, 2.45) is 5.92 Å². The van der Waals surface area contributed by atoms with Crippen molar-refractivity contribution >= 4 is 11.5 Å². The van der Waals surface area contributed by atoms with Gasteiger partial charge in [0.2, 0.25) is 0 Å². The van der Waals surface area contributed by atoms with E-state index < -0.39 is 0 Å². The third-order valence-electron chi connectivity index (χ3n) is 8.93. The van der Waals surface area contributed by atoms with E-state index >= 15 is 0 Å². The molecular formula is C34H46O3. The second kappa shape index (κ2) is 12.3. The first-order chi connectivity index (χ1) is 17.9. The van der Waals surface area contributed by atoms with Crippen LogP contribution in [0, 0.1) is 5.92 Å². The summed E-state index contributed by atoms with van der Waals surface area (Å²) in [5.41, 5.74) is 5.97. The van der Waals surface area contributed by atoms with Crippen molar-refractivity contribution in [3.05, 3.63) is 64.7 Å². The zero-order valence-electron chi connectivity index (χ0n) is 23.7. The minimum atomic E-state index is -0.234. The molecule has 3 heteroatoms. The summed E-state index contributed by atoms with van der Waals surface area (Å²) in [6.07, 6.45) is 11.2. The molecular weight excluding hydrogens is 456 g/mol. The zero-order valence-corrected chi connectivity index (χ0v) is 23.7. The van der Waals surface area contributed by atoms with Crippen LogP contribution in [0.15, 0.2) is 48.0 Å². The normalized spacial score (nSPS) is 17.5. The molecule has 2 unspecified atom stereocenters. The first-order valence-corrected chi connectivity index (χ1v) is 14.8. The van der Waals surface area contributed by atoms with E-state index in [0.29, 0.717) is 30.4 Å².